The van der Waals surface area contributed by atoms with Crippen LogP contribution in [-0.4, -0.2) is 65.7 Å². The van der Waals surface area contributed by atoms with Crippen LogP contribution >= 0.6 is 0 Å². The number of amides is 3. The first-order valence-corrected chi connectivity index (χ1v) is 10.3. The molecule has 0 aliphatic carbocycles. The molecular weight excluding hydrogens is 418 g/mol. The third-order valence-corrected chi connectivity index (χ3v) is 4.28. The van der Waals surface area contributed by atoms with E-state index in [4.69, 9.17) is 4.74 Å². The van der Waals surface area contributed by atoms with Crippen molar-refractivity contribution in [2.24, 2.45) is 0 Å². The van der Waals surface area contributed by atoms with E-state index in [0.29, 0.717) is 6.42 Å². The molecule has 3 N–H and O–H groups in total. The van der Waals surface area contributed by atoms with Crippen LogP contribution < -0.4 is 10.6 Å². The van der Waals surface area contributed by atoms with Crippen LogP contribution in [0.2, 0.25) is 0 Å². The van der Waals surface area contributed by atoms with E-state index in [0.717, 1.165) is 0 Å². The molecule has 178 valence electrons. The summed E-state index contributed by atoms with van der Waals surface area (Å²) < 4.78 is 9.74. The van der Waals surface area contributed by atoms with Gasteiger partial charge < -0.3 is 30.1 Å². The number of aromatic hydroxyl groups is 1. The van der Waals surface area contributed by atoms with E-state index in [1.54, 1.807) is 32.9 Å². The molecule has 0 aliphatic heterocycles. The van der Waals surface area contributed by atoms with Gasteiger partial charge in [0.2, 0.25) is 11.8 Å². The van der Waals surface area contributed by atoms with Crippen molar-refractivity contribution in [3.05, 3.63) is 29.8 Å². The van der Waals surface area contributed by atoms with Gasteiger partial charge in [-0.2, -0.15) is 0 Å². The highest BCUT2D eigenvalue weighted by atomic mass is 16.6. The largest absolute Gasteiger partial charge is 0.508 e. The third kappa shape index (κ3) is 8.09. The smallest absolute Gasteiger partial charge is 0.408 e. The average Bonchev–Trinajstić information content (AvgIpc) is 2.70. The van der Waals surface area contributed by atoms with Gasteiger partial charge in [-0.05, 0) is 40.2 Å². The van der Waals surface area contributed by atoms with Gasteiger partial charge in [-0.15, -0.1) is 0 Å². The standard InChI is InChI=1S/C22H33N3O7/c1-7-12-25(20(29)14(2)24-21(30)32-22(3,4)5)18(15-10-8-9-11-16(15)26)19(28)23-13-17(27)31-6/h8-11,14,18,26H,7,12-13H2,1-6H3,(H,23,28)(H,24,30). The molecule has 0 spiro atoms. The van der Waals surface area contributed by atoms with E-state index in [9.17, 15) is 24.3 Å². The van der Waals surface area contributed by atoms with Crippen molar-refractivity contribution < 1.29 is 33.8 Å². The topological polar surface area (TPSA) is 134 Å². The number of hydrogen-bond acceptors (Lipinski definition) is 7. The number of para-hydroxylation sites is 1. The quantitative estimate of drug-likeness (QED) is 0.488. The van der Waals surface area contributed by atoms with E-state index >= 15 is 0 Å². The molecule has 0 radical (unpaired) electrons. The monoisotopic (exact) mass is 451 g/mol. The molecular formula is C22H33N3O7. The first kappa shape index (κ1) is 26.7. The molecule has 2 atom stereocenters. The fraction of sp³-hybridized carbons (Fsp3) is 0.545. The van der Waals surface area contributed by atoms with Crippen LogP contribution in [0, 0.1) is 0 Å². The number of rotatable bonds is 9. The molecule has 1 aromatic rings. The van der Waals surface area contributed by atoms with Crippen molar-refractivity contribution >= 4 is 23.9 Å². The molecule has 1 aromatic carbocycles. The summed E-state index contributed by atoms with van der Waals surface area (Å²) >= 11 is 0. The van der Waals surface area contributed by atoms with Gasteiger partial charge >= 0.3 is 12.1 Å². The predicted octanol–water partition coefficient (Wildman–Crippen LogP) is 1.87. The zero-order valence-electron chi connectivity index (χ0n) is 19.4. The van der Waals surface area contributed by atoms with Gasteiger partial charge in [0, 0.05) is 12.1 Å². The zero-order chi connectivity index (χ0) is 24.5. The Balaban J connectivity index is 3.24. The number of benzene rings is 1. The normalized spacial score (nSPS) is 12.8. The van der Waals surface area contributed by atoms with Crippen LogP contribution in [-0.2, 0) is 23.9 Å². The molecule has 0 fully saturated rings. The fourth-order valence-corrected chi connectivity index (χ4v) is 2.90. The lowest BCUT2D eigenvalue weighted by Crippen LogP contribution is -2.52. The Kier molecular flexibility index (Phi) is 9.96. The highest BCUT2D eigenvalue weighted by Gasteiger charge is 2.35. The highest BCUT2D eigenvalue weighted by Crippen LogP contribution is 2.29. The molecule has 10 heteroatoms. The first-order chi connectivity index (χ1) is 14.9. The zero-order valence-corrected chi connectivity index (χ0v) is 19.4. The second-order valence-electron chi connectivity index (χ2n) is 8.15. The first-order valence-electron chi connectivity index (χ1n) is 10.3. The summed E-state index contributed by atoms with van der Waals surface area (Å²) in [7, 11) is 1.19. The summed E-state index contributed by atoms with van der Waals surface area (Å²) in [5, 5.41) is 15.3. The Hall–Kier alpha value is -3.30. The molecule has 32 heavy (non-hydrogen) atoms. The van der Waals surface area contributed by atoms with Gasteiger partial charge in [0.25, 0.3) is 0 Å². The number of hydrogen-bond donors (Lipinski definition) is 3. The summed E-state index contributed by atoms with van der Waals surface area (Å²) in [4.78, 5) is 51.2. The van der Waals surface area contributed by atoms with E-state index in [1.165, 1.54) is 31.1 Å². The van der Waals surface area contributed by atoms with E-state index in [2.05, 4.69) is 15.4 Å². The predicted molar refractivity (Wildman–Crippen MR) is 117 cm³/mol. The average molecular weight is 452 g/mol. The minimum atomic E-state index is -1.24. The number of carbonyl (C=O) groups is 4. The summed E-state index contributed by atoms with van der Waals surface area (Å²) in [6.45, 7) is 8.14. The van der Waals surface area contributed by atoms with Gasteiger partial charge in [0.15, 0.2) is 0 Å². The van der Waals surface area contributed by atoms with Crippen LogP contribution in [0.15, 0.2) is 24.3 Å². The van der Waals surface area contributed by atoms with Crippen molar-refractivity contribution in [2.45, 2.75) is 58.7 Å². The third-order valence-electron chi connectivity index (χ3n) is 4.28. The minimum Gasteiger partial charge on any atom is -0.508 e. The van der Waals surface area contributed by atoms with E-state index in [1.807, 2.05) is 6.92 Å². The SMILES string of the molecule is CCCN(C(=O)C(C)NC(=O)OC(C)(C)C)C(C(=O)NCC(=O)OC)c1ccccc1O. The van der Waals surface area contributed by atoms with Crippen molar-refractivity contribution in [3.8, 4) is 5.75 Å². The summed E-state index contributed by atoms with van der Waals surface area (Å²) in [6, 6.07) is 3.86. The lowest BCUT2D eigenvalue weighted by molar-refractivity contribution is -0.144. The number of carbonyl (C=O) groups excluding carboxylic acids is 4. The van der Waals surface area contributed by atoms with Crippen LogP contribution in [0.4, 0.5) is 4.79 Å². The van der Waals surface area contributed by atoms with Gasteiger partial charge in [-0.3, -0.25) is 14.4 Å². The summed E-state index contributed by atoms with van der Waals surface area (Å²) in [5.41, 5.74) is -0.566. The Morgan fingerprint density at radius 1 is 1.16 bits per heavy atom. The van der Waals surface area contributed by atoms with Crippen molar-refractivity contribution in [1.29, 1.82) is 0 Å². The Morgan fingerprint density at radius 2 is 1.78 bits per heavy atom. The van der Waals surface area contributed by atoms with E-state index in [-0.39, 0.29) is 17.9 Å². The van der Waals surface area contributed by atoms with Gasteiger partial charge in [0.05, 0.1) is 7.11 Å². The molecule has 0 bridgehead atoms. The fourth-order valence-electron chi connectivity index (χ4n) is 2.90. The highest BCUT2D eigenvalue weighted by molar-refractivity contribution is 5.93. The molecule has 0 saturated heterocycles. The molecule has 0 saturated carbocycles. The maximum absolute atomic E-state index is 13.3. The number of methoxy groups -OCH3 is 1. The maximum Gasteiger partial charge on any atom is 0.408 e. The Bertz CT molecular complexity index is 820. The molecule has 3 amide bonds. The minimum absolute atomic E-state index is 0.157. The molecule has 0 aromatic heterocycles. The number of phenolic OH excluding ortho intramolecular Hbond substituents is 1. The number of esters is 1. The lowest BCUT2D eigenvalue weighted by atomic mass is 10.0. The van der Waals surface area contributed by atoms with Crippen LogP contribution in [0.25, 0.3) is 0 Å². The number of nitrogens with zero attached hydrogens (tertiary/aromatic N) is 1. The number of nitrogens with one attached hydrogen (secondary N) is 2. The maximum atomic E-state index is 13.3. The molecule has 10 nitrogen and oxygen atoms in total. The Morgan fingerprint density at radius 3 is 2.31 bits per heavy atom. The van der Waals surface area contributed by atoms with Gasteiger partial charge in [-0.1, -0.05) is 25.1 Å². The molecule has 2 unspecified atom stereocenters. The molecule has 0 aliphatic rings. The number of alkyl carbamates (subject to hydrolysis) is 1. The second-order valence-corrected chi connectivity index (χ2v) is 8.15. The van der Waals surface area contributed by atoms with Gasteiger partial charge in [0.1, 0.15) is 30.0 Å². The van der Waals surface area contributed by atoms with Crippen molar-refractivity contribution in [1.82, 2.24) is 15.5 Å². The van der Waals surface area contributed by atoms with Crippen LogP contribution in [0.1, 0.15) is 52.6 Å². The molecule has 1 rings (SSSR count). The number of ether oxygens (including phenoxy) is 2. The van der Waals surface area contributed by atoms with Gasteiger partial charge in [-0.25, -0.2) is 4.79 Å². The number of phenols is 1. The summed E-state index contributed by atoms with van der Waals surface area (Å²) in [5.74, 6) is -2.09. The van der Waals surface area contributed by atoms with E-state index < -0.39 is 48.1 Å². The van der Waals surface area contributed by atoms with Crippen LogP contribution in [0.5, 0.6) is 5.75 Å². The van der Waals surface area contributed by atoms with Crippen molar-refractivity contribution in [3.63, 3.8) is 0 Å². The van der Waals surface area contributed by atoms with Crippen molar-refractivity contribution in [2.75, 3.05) is 20.2 Å². The molecule has 0 heterocycles. The Labute approximate surface area is 188 Å². The lowest BCUT2D eigenvalue weighted by Gasteiger charge is -2.33. The van der Waals surface area contributed by atoms with Crippen LogP contribution in [0.3, 0.4) is 0 Å². The second kappa shape index (κ2) is 11.9. The summed E-state index contributed by atoms with van der Waals surface area (Å²) in [6.07, 6.45) is -0.275.